The molecule has 0 aromatic heterocycles. The Hall–Kier alpha value is -0.560. The van der Waals surface area contributed by atoms with Crippen molar-refractivity contribution < 1.29 is 0 Å². The second-order valence-electron chi connectivity index (χ2n) is 6.35. The molecule has 17 heavy (non-hydrogen) atoms. The molecule has 1 heterocycles. The minimum atomic E-state index is 0.692. The number of rotatable bonds is 1. The van der Waals surface area contributed by atoms with Crippen LogP contribution in [0.4, 0.5) is 0 Å². The summed E-state index contributed by atoms with van der Waals surface area (Å²) in [5.74, 6) is 0. The Bertz CT molecular complexity index is 323. The van der Waals surface area contributed by atoms with Crippen LogP contribution in [0.15, 0.2) is 23.8 Å². The van der Waals surface area contributed by atoms with Crippen molar-refractivity contribution in [2.24, 2.45) is 5.41 Å². The molecule has 1 unspecified atom stereocenters. The Morgan fingerprint density at radius 2 is 1.82 bits per heavy atom. The van der Waals surface area contributed by atoms with E-state index in [-0.39, 0.29) is 0 Å². The van der Waals surface area contributed by atoms with Crippen molar-refractivity contribution in [2.75, 3.05) is 13.1 Å². The molecule has 3 aliphatic rings. The summed E-state index contributed by atoms with van der Waals surface area (Å²) in [4.78, 5) is 2.71. The first-order chi connectivity index (χ1) is 8.27. The predicted molar refractivity (Wildman–Crippen MR) is 73.0 cm³/mol. The van der Waals surface area contributed by atoms with Crippen LogP contribution in [0.25, 0.3) is 0 Å². The Balaban J connectivity index is 1.57. The molecule has 1 saturated heterocycles. The summed E-state index contributed by atoms with van der Waals surface area (Å²) in [5.41, 5.74) is 2.20. The summed E-state index contributed by atoms with van der Waals surface area (Å²) in [6.45, 7) is 4.88. The molecular weight excluding hydrogens is 206 g/mol. The summed E-state index contributed by atoms with van der Waals surface area (Å²) >= 11 is 0. The Kier molecular flexibility index (Phi) is 3.12. The summed E-state index contributed by atoms with van der Waals surface area (Å²) in [6.07, 6.45) is 17.3. The lowest BCUT2D eigenvalue weighted by atomic mass is 9.76. The molecule has 2 aliphatic carbocycles. The highest BCUT2D eigenvalue weighted by Crippen LogP contribution is 2.46. The van der Waals surface area contributed by atoms with E-state index in [0.29, 0.717) is 6.04 Å². The molecule has 0 bridgehead atoms. The molecule has 0 aromatic carbocycles. The Labute approximate surface area is 106 Å². The fourth-order valence-electron chi connectivity index (χ4n) is 3.94. The van der Waals surface area contributed by atoms with Gasteiger partial charge in [-0.3, -0.25) is 4.90 Å². The van der Waals surface area contributed by atoms with E-state index >= 15 is 0 Å². The first kappa shape index (κ1) is 11.5. The largest absolute Gasteiger partial charge is 0.297 e. The van der Waals surface area contributed by atoms with E-state index in [1.165, 1.54) is 63.6 Å². The molecule has 94 valence electrons. The molecule has 0 aromatic rings. The second kappa shape index (κ2) is 4.61. The molecule has 1 nitrogen and oxygen atoms in total. The molecule has 0 radical (unpaired) electrons. The van der Waals surface area contributed by atoms with Crippen LogP contribution in [-0.2, 0) is 0 Å². The average molecular weight is 231 g/mol. The summed E-state index contributed by atoms with van der Waals surface area (Å²) < 4.78 is 0. The zero-order valence-corrected chi connectivity index (χ0v) is 11.1. The molecule has 1 spiro atoms. The van der Waals surface area contributed by atoms with Gasteiger partial charge in [0.05, 0.1) is 0 Å². The van der Waals surface area contributed by atoms with Crippen molar-refractivity contribution in [2.45, 2.75) is 57.9 Å². The molecule has 1 atom stereocenters. The number of hydrogen-bond acceptors (Lipinski definition) is 1. The lowest BCUT2D eigenvalue weighted by Crippen LogP contribution is -2.44. The van der Waals surface area contributed by atoms with E-state index in [4.69, 9.17) is 0 Å². The zero-order chi connectivity index (χ0) is 11.7. The van der Waals surface area contributed by atoms with Gasteiger partial charge in [-0.2, -0.15) is 0 Å². The lowest BCUT2D eigenvalue weighted by molar-refractivity contribution is 0.0902. The zero-order valence-electron chi connectivity index (χ0n) is 11.1. The van der Waals surface area contributed by atoms with E-state index in [2.05, 4.69) is 30.1 Å². The SMILES string of the molecule is CC1=CCC(N2CCC3(CCCC3)CC2)C=C1. The van der Waals surface area contributed by atoms with Crippen LogP contribution < -0.4 is 0 Å². The maximum atomic E-state index is 2.71. The molecule has 1 aliphatic heterocycles. The highest BCUT2D eigenvalue weighted by atomic mass is 15.2. The van der Waals surface area contributed by atoms with Crippen LogP contribution >= 0.6 is 0 Å². The minimum absolute atomic E-state index is 0.692. The van der Waals surface area contributed by atoms with E-state index in [0.717, 1.165) is 5.41 Å². The number of likely N-dealkylation sites (tertiary alicyclic amines) is 1. The highest BCUT2D eigenvalue weighted by molar-refractivity contribution is 5.23. The van der Waals surface area contributed by atoms with Crippen LogP contribution in [0.5, 0.6) is 0 Å². The highest BCUT2D eigenvalue weighted by Gasteiger charge is 2.37. The lowest BCUT2D eigenvalue weighted by Gasteiger charge is -2.42. The molecule has 0 amide bonds. The number of piperidine rings is 1. The fourth-order valence-corrected chi connectivity index (χ4v) is 3.94. The van der Waals surface area contributed by atoms with Crippen molar-refractivity contribution in [3.05, 3.63) is 23.8 Å². The van der Waals surface area contributed by atoms with Crippen LogP contribution in [0, 0.1) is 5.41 Å². The van der Waals surface area contributed by atoms with Crippen LogP contribution in [0.3, 0.4) is 0 Å². The monoisotopic (exact) mass is 231 g/mol. The third kappa shape index (κ3) is 2.35. The number of allylic oxidation sites excluding steroid dienone is 2. The number of nitrogens with zero attached hydrogens (tertiary/aromatic N) is 1. The summed E-state index contributed by atoms with van der Waals surface area (Å²) in [6, 6.07) is 0.692. The maximum absolute atomic E-state index is 2.71. The molecule has 3 rings (SSSR count). The van der Waals surface area contributed by atoms with Gasteiger partial charge in [0.2, 0.25) is 0 Å². The van der Waals surface area contributed by atoms with E-state index in [1.54, 1.807) is 0 Å². The molecular formula is C16H25N. The fraction of sp³-hybridized carbons (Fsp3) is 0.750. The first-order valence-corrected chi connectivity index (χ1v) is 7.37. The summed E-state index contributed by atoms with van der Waals surface area (Å²) in [7, 11) is 0. The molecule has 0 N–H and O–H groups in total. The van der Waals surface area contributed by atoms with Crippen molar-refractivity contribution in [1.29, 1.82) is 0 Å². The average Bonchev–Trinajstić information content (AvgIpc) is 2.80. The summed E-state index contributed by atoms with van der Waals surface area (Å²) in [5, 5.41) is 0. The Morgan fingerprint density at radius 1 is 1.12 bits per heavy atom. The first-order valence-electron chi connectivity index (χ1n) is 7.37. The van der Waals surface area contributed by atoms with E-state index < -0.39 is 0 Å². The maximum Gasteiger partial charge on any atom is 0.0316 e. The van der Waals surface area contributed by atoms with Crippen molar-refractivity contribution >= 4 is 0 Å². The van der Waals surface area contributed by atoms with Gasteiger partial charge in [-0.15, -0.1) is 0 Å². The van der Waals surface area contributed by atoms with Crippen LogP contribution in [0.2, 0.25) is 0 Å². The minimum Gasteiger partial charge on any atom is -0.297 e. The van der Waals surface area contributed by atoms with E-state index in [1.807, 2.05) is 0 Å². The van der Waals surface area contributed by atoms with Gasteiger partial charge in [0.15, 0.2) is 0 Å². The second-order valence-corrected chi connectivity index (χ2v) is 6.35. The van der Waals surface area contributed by atoms with Gasteiger partial charge in [0.25, 0.3) is 0 Å². The topological polar surface area (TPSA) is 3.24 Å². The molecule has 2 fully saturated rings. The third-order valence-corrected chi connectivity index (χ3v) is 5.25. The quantitative estimate of drug-likeness (QED) is 0.661. The molecule has 1 heteroatoms. The van der Waals surface area contributed by atoms with Crippen molar-refractivity contribution in [3.8, 4) is 0 Å². The van der Waals surface area contributed by atoms with Gasteiger partial charge in [0.1, 0.15) is 0 Å². The predicted octanol–water partition coefficient (Wildman–Crippen LogP) is 3.92. The normalized spacial score (nSPS) is 33.0. The van der Waals surface area contributed by atoms with Gasteiger partial charge in [0, 0.05) is 6.04 Å². The Morgan fingerprint density at radius 3 is 2.41 bits per heavy atom. The molecule has 1 saturated carbocycles. The van der Waals surface area contributed by atoms with Gasteiger partial charge in [-0.25, -0.2) is 0 Å². The van der Waals surface area contributed by atoms with Gasteiger partial charge < -0.3 is 0 Å². The van der Waals surface area contributed by atoms with Gasteiger partial charge in [-0.05, 0) is 57.5 Å². The van der Waals surface area contributed by atoms with Crippen LogP contribution in [0.1, 0.15) is 51.9 Å². The van der Waals surface area contributed by atoms with Crippen LogP contribution in [-0.4, -0.2) is 24.0 Å². The van der Waals surface area contributed by atoms with Gasteiger partial charge in [-0.1, -0.05) is 36.6 Å². The van der Waals surface area contributed by atoms with E-state index in [9.17, 15) is 0 Å². The van der Waals surface area contributed by atoms with Crippen molar-refractivity contribution in [1.82, 2.24) is 4.90 Å². The number of hydrogen-bond donors (Lipinski definition) is 0. The van der Waals surface area contributed by atoms with Gasteiger partial charge >= 0.3 is 0 Å². The third-order valence-electron chi connectivity index (χ3n) is 5.25. The van der Waals surface area contributed by atoms with Crippen molar-refractivity contribution in [3.63, 3.8) is 0 Å². The standard InChI is InChI=1S/C16H25N/c1-14-4-6-15(7-5-14)17-12-10-16(11-13-17)8-2-3-9-16/h4-6,15H,2-3,7-13H2,1H3. The smallest absolute Gasteiger partial charge is 0.0316 e.